The van der Waals surface area contributed by atoms with Crippen LogP contribution >= 0.6 is 45.3 Å². The van der Waals surface area contributed by atoms with Crippen LogP contribution in [0.3, 0.4) is 0 Å². The summed E-state index contributed by atoms with van der Waals surface area (Å²) in [5.74, 6) is 1.97. The Morgan fingerprint density at radius 3 is 1.50 bits per heavy atom. The lowest BCUT2D eigenvalue weighted by atomic mass is 10.1. The summed E-state index contributed by atoms with van der Waals surface area (Å²) in [5, 5.41) is 6.96. The molecule has 0 bridgehead atoms. The van der Waals surface area contributed by atoms with E-state index in [-0.39, 0.29) is 0 Å². The molecule has 0 aliphatic heterocycles. The maximum atomic E-state index is 6.61. The third-order valence-corrected chi connectivity index (χ3v) is 10.5. The molecule has 4 heterocycles. The van der Waals surface area contributed by atoms with E-state index in [1.807, 2.05) is 45.3 Å². The molecule has 0 aliphatic rings. The number of ether oxygens (including phenoxy) is 2. The first-order chi connectivity index (χ1) is 15.8. The van der Waals surface area contributed by atoms with Gasteiger partial charge in [0.2, 0.25) is 0 Å². The maximum absolute atomic E-state index is 6.61. The first kappa shape index (κ1) is 22.5. The molecular formula is C26H30O2S4. The van der Waals surface area contributed by atoms with E-state index >= 15 is 0 Å². The van der Waals surface area contributed by atoms with E-state index in [1.165, 1.54) is 77.5 Å². The lowest BCUT2D eigenvalue weighted by Crippen LogP contribution is -2.03. The molecule has 0 spiro atoms. The van der Waals surface area contributed by atoms with E-state index in [2.05, 4.69) is 36.7 Å². The van der Waals surface area contributed by atoms with Crippen LogP contribution < -0.4 is 9.47 Å². The van der Waals surface area contributed by atoms with Gasteiger partial charge in [-0.05, 0) is 35.7 Å². The summed E-state index contributed by atoms with van der Waals surface area (Å²) in [4.78, 5) is 0. The Hall–Kier alpha value is -1.34. The zero-order valence-corrected chi connectivity index (χ0v) is 22.1. The van der Waals surface area contributed by atoms with Gasteiger partial charge in [-0.3, -0.25) is 0 Å². The van der Waals surface area contributed by atoms with Crippen molar-refractivity contribution in [2.75, 3.05) is 13.2 Å². The van der Waals surface area contributed by atoms with Crippen LogP contribution in [0.5, 0.6) is 11.5 Å². The number of unbranched alkanes of at least 4 members (excludes halogenated alkanes) is 6. The standard InChI is InChI=1S/C26H30O2S4/c1-3-5-7-9-13-27-21-19-23-17(11-15-29-23)31-25(19)26-20(24-18(32-26)12-16-30-24)22(21)28-14-10-8-6-4-2/h11-12,15-16H,3-10,13-14H2,1-2H3. The Morgan fingerprint density at radius 1 is 0.594 bits per heavy atom. The van der Waals surface area contributed by atoms with Gasteiger partial charge in [0.1, 0.15) is 0 Å². The molecule has 0 radical (unpaired) electrons. The summed E-state index contributed by atoms with van der Waals surface area (Å²) in [7, 11) is 0. The number of hydrogen-bond donors (Lipinski definition) is 0. The Morgan fingerprint density at radius 2 is 1.06 bits per heavy atom. The normalized spacial score (nSPS) is 12.1. The smallest absolute Gasteiger partial charge is 0.172 e. The van der Waals surface area contributed by atoms with E-state index in [1.54, 1.807) is 0 Å². The van der Waals surface area contributed by atoms with Crippen molar-refractivity contribution in [2.24, 2.45) is 0 Å². The number of benzene rings is 1. The van der Waals surface area contributed by atoms with Crippen molar-refractivity contribution in [2.45, 2.75) is 65.2 Å². The van der Waals surface area contributed by atoms with Crippen molar-refractivity contribution in [3.05, 3.63) is 22.9 Å². The average Bonchev–Trinajstić information content (AvgIpc) is 3.54. The topological polar surface area (TPSA) is 18.5 Å². The lowest BCUT2D eigenvalue weighted by molar-refractivity contribution is 0.264. The van der Waals surface area contributed by atoms with Gasteiger partial charge in [0, 0.05) is 9.40 Å². The quantitative estimate of drug-likeness (QED) is 0.158. The van der Waals surface area contributed by atoms with E-state index in [0.29, 0.717) is 0 Å². The molecule has 0 saturated heterocycles. The Labute approximate surface area is 205 Å². The van der Waals surface area contributed by atoms with Crippen LogP contribution in [0, 0.1) is 0 Å². The van der Waals surface area contributed by atoms with Crippen LogP contribution in [-0.4, -0.2) is 13.2 Å². The second kappa shape index (κ2) is 10.3. The summed E-state index contributed by atoms with van der Waals surface area (Å²) in [5.41, 5.74) is 0. The molecule has 0 saturated carbocycles. The van der Waals surface area contributed by atoms with Gasteiger partial charge in [0.05, 0.1) is 42.8 Å². The van der Waals surface area contributed by atoms with Gasteiger partial charge in [-0.15, -0.1) is 45.3 Å². The highest BCUT2D eigenvalue weighted by molar-refractivity contribution is 7.38. The molecule has 1 aromatic carbocycles. The second-order valence-electron chi connectivity index (χ2n) is 8.32. The van der Waals surface area contributed by atoms with Crippen molar-refractivity contribution >= 4 is 84.3 Å². The predicted octanol–water partition coefficient (Wildman–Crippen LogP) is 10.5. The van der Waals surface area contributed by atoms with Crippen molar-refractivity contribution < 1.29 is 9.47 Å². The van der Waals surface area contributed by atoms with E-state index in [0.717, 1.165) is 37.6 Å². The van der Waals surface area contributed by atoms with Crippen LogP contribution in [0.4, 0.5) is 0 Å². The van der Waals surface area contributed by atoms with Gasteiger partial charge in [-0.2, -0.15) is 0 Å². The van der Waals surface area contributed by atoms with Gasteiger partial charge in [0.25, 0.3) is 0 Å². The van der Waals surface area contributed by atoms with Gasteiger partial charge in [-0.25, -0.2) is 0 Å². The van der Waals surface area contributed by atoms with E-state index in [4.69, 9.17) is 9.47 Å². The fourth-order valence-electron chi connectivity index (χ4n) is 4.29. The Bertz CT molecular complexity index is 1220. The first-order valence-electron chi connectivity index (χ1n) is 11.8. The summed E-state index contributed by atoms with van der Waals surface area (Å²) in [6.45, 7) is 6.02. The molecule has 170 valence electrons. The highest BCUT2D eigenvalue weighted by Crippen LogP contribution is 2.56. The van der Waals surface area contributed by atoms with Crippen molar-refractivity contribution in [3.8, 4) is 11.5 Å². The molecule has 5 rings (SSSR count). The summed E-state index contributed by atoms with van der Waals surface area (Å²) in [6, 6.07) is 4.51. The van der Waals surface area contributed by atoms with Gasteiger partial charge in [0.15, 0.2) is 11.5 Å². The van der Waals surface area contributed by atoms with Crippen LogP contribution in [-0.2, 0) is 0 Å². The molecule has 0 N–H and O–H groups in total. The third kappa shape index (κ3) is 4.15. The molecule has 0 fully saturated rings. The number of rotatable bonds is 12. The minimum absolute atomic E-state index is 0.757. The molecular weight excluding hydrogens is 473 g/mol. The van der Waals surface area contributed by atoms with Crippen LogP contribution in [0.25, 0.3) is 39.0 Å². The van der Waals surface area contributed by atoms with Gasteiger partial charge < -0.3 is 9.47 Å². The largest absolute Gasteiger partial charge is 0.489 e. The van der Waals surface area contributed by atoms with Crippen LogP contribution in [0.1, 0.15) is 65.2 Å². The van der Waals surface area contributed by atoms with Crippen molar-refractivity contribution in [1.29, 1.82) is 0 Å². The van der Waals surface area contributed by atoms with E-state index < -0.39 is 0 Å². The highest BCUT2D eigenvalue weighted by Gasteiger charge is 2.25. The van der Waals surface area contributed by atoms with Gasteiger partial charge >= 0.3 is 0 Å². The van der Waals surface area contributed by atoms with Crippen molar-refractivity contribution in [3.63, 3.8) is 0 Å². The minimum Gasteiger partial charge on any atom is -0.489 e. The zero-order chi connectivity index (χ0) is 21.9. The average molecular weight is 503 g/mol. The van der Waals surface area contributed by atoms with Crippen molar-refractivity contribution in [1.82, 2.24) is 0 Å². The summed E-state index contributed by atoms with van der Waals surface area (Å²) in [6.07, 6.45) is 9.67. The van der Waals surface area contributed by atoms with Crippen LogP contribution in [0.2, 0.25) is 0 Å². The van der Waals surface area contributed by atoms with Crippen LogP contribution in [0.15, 0.2) is 22.9 Å². The Kier molecular flexibility index (Phi) is 7.22. The first-order valence-corrected chi connectivity index (χ1v) is 15.2. The minimum atomic E-state index is 0.757. The third-order valence-electron chi connectivity index (χ3n) is 5.95. The predicted molar refractivity (Wildman–Crippen MR) is 147 cm³/mol. The molecule has 0 aliphatic carbocycles. The fourth-order valence-corrected chi connectivity index (χ4v) is 9.14. The molecule has 0 amide bonds. The molecule has 32 heavy (non-hydrogen) atoms. The molecule has 5 aromatic rings. The second-order valence-corrected chi connectivity index (χ2v) is 12.3. The zero-order valence-electron chi connectivity index (χ0n) is 18.8. The lowest BCUT2D eigenvalue weighted by Gasteiger charge is -2.16. The fraction of sp³-hybridized carbons (Fsp3) is 0.462. The highest BCUT2D eigenvalue weighted by atomic mass is 32.1. The number of thiophene rings is 4. The number of hydrogen-bond acceptors (Lipinski definition) is 6. The molecule has 2 nitrogen and oxygen atoms in total. The van der Waals surface area contributed by atoms with E-state index in [9.17, 15) is 0 Å². The van der Waals surface area contributed by atoms with Gasteiger partial charge in [-0.1, -0.05) is 52.4 Å². The Balaban J connectivity index is 1.64. The maximum Gasteiger partial charge on any atom is 0.172 e. The summed E-state index contributed by atoms with van der Waals surface area (Å²) < 4.78 is 21.4. The summed E-state index contributed by atoms with van der Waals surface area (Å²) >= 11 is 7.48. The molecule has 6 heteroatoms. The molecule has 0 unspecified atom stereocenters. The number of fused-ring (bicyclic) bond motifs is 7. The molecule has 0 atom stereocenters. The molecule has 4 aromatic heterocycles. The monoisotopic (exact) mass is 502 g/mol. The SMILES string of the molecule is CCCCCCOc1c(OCCCCCC)c2c3sccc3sc2c2sc3ccsc3c12.